The first-order valence-corrected chi connectivity index (χ1v) is 6.53. The summed E-state index contributed by atoms with van der Waals surface area (Å²) in [4.78, 5) is 0.633. The zero-order chi connectivity index (χ0) is 9.10. The maximum atomic E-state index is 5.87. The van der Waals surface area contributed by atoms with E-state index in [1.54, 1.807) is 0 Å². The molecule has 0 amide bonds. The highest BCUT2D eigenvalue weighted by Gasteiger charge is 2.26. The highest BCUT2D eigenvalue weighted by atomic mass is 79.9. The summed E-state index contributed by atoms with van der Waals surface area (Å²) < 4.78 is 5.87. The van der Waals surface area contributed by atoms with E-state index >= 15 is 0 Å². The van der Waals surface area contributed by atoms with Crippen LogP contribution in [0.3, 0.4) is 0 Å². The Kier molecular flexibility index (Phi) is 3.67. The Morgan fingerprint density at radius 1 is 1.08 bits per heavy atom. The van der Waals surface area contributed by atoms with Crippen LogP contribution in [-0.2, 0) is 4.74 Å². The molecule has 0 bridgehead atoms. The predicted octanol–water partition coefficient (Wildman–Crippen LogP) is 3.51. The lowest BCUT2D eigenvalue weighted by Gasteiger charge is -2.26. The summed E-state index contributed by atoms with van der Waals surface area (Å²) in [5.74, 6) is 0.996. The van der Waals surface area contributed by atoms with Gasteiger partial charge in [-0.15, -0.1) is 0 Å². The van der Waals surface area contributed by atoms with Crippen molar-refractivity contribution in [3.63, 3.8) is 0 Å². The second-order valence-electron chi connectivity index (χ2n) is 4.44. The first-order chi connectivity index (χ1) is 6.36. The summed E-state index contributed by atoms with van der Waals surface area (Å²) >= 11 is 3.68. The summed E-state index contributed by atoms with van der Waals surface area (Å²) in [7, 11) is 0. The lowest BCUT2D eigenvalue weighted by Crippen LogP contribution is -2.21. The lowest BCUT2D eigenvalue weighted by atomic mass is 9.83. The van der Waals surface area contributed by atoms with Gasteiger partial charge in [-0.3, -0.25) is 0 Å². The van der Waals surface area contributed by atoms with Crippen molar-refractivity contribution in [2.75, 3.05) is 6.61 Å². The van der Waals surface area contributed by atoms with Crippen LogP contribution in [0.15, 0.2) is 0 Å². The fraction of sp³-hybridized carbons (Fsp3) is 1.00. The Hall–Kier alpha value is 0.440. The van der Waals surface area contributed by atoms with Crippen molar-refractivity contribution in [1.82, 2.24) is 0 Å². The number of halogens is 1. The van der Waals surface area contributed by atoms with E-state index in [2.05, 4.69) is 15.9 Å². The first-order valence-electron chi connectivity index (χ1n) is 5.62. The van der Waals surface area contributed by atoms with E-state index in [0.29, 0.717) is 10.9 Å². The molecule has 0 aromatic rings. The summed E-state index contributed by atoms with van der Waals surface area (Å²) in [6.07, 6.45) is 10.1. The molecule has 1 nitrogen and oxygen atoms in total. The van der Waals surface area contributed by atoms with Crippen molar-refractivity contribution in [3.8, 4) is 0 Å². The van der Waals surface area contributed by atoms with E-state index < -0.39 is 0 Å². The van der Waals surface area contributed by atoms with Gasteiger partial charge in [-0.05, 0) is 31.6 Å². The zero-order valence-corrected chi connectivity index (χ0v) is 9.76. The molecule has 2 fully saturated rings. The molecule has 0 aliphatic heterocycles. The third kappa shape index (κ3) is 2.69. The molecule has 0 heterocycles. The molecule has 76 valence electrons. The van der Waals surface area contributed by atoms with Gasteiger partial charge in [0, 0.05) is 11.4 Å². The molecule has 2 saturated carbocycles. The van der Waals surface area contributed by atoms with Gasteiger partial charge in [-0.25, -0.2) is 0 Å². The molecule has 2 rings (SSSR count). The minimum atomic E-state index is 0.514. The van der Waals surface area contributed by atoms with E-state index in [0.717, 1.165) is 12.5 Å². The summed E-state index contributed by atoms with van der Waals surface area (Å²) in [5, 5.41) is 0. The summed E-state index contributed by atoms with van der Waals surface area (Å²) in [6.45, 7) is 0.997. The fourth-order valence-electron chi connectivity index (χ4n) is 2.24. The largest absolute Gasteiger partial charge is 0.377 e. The number of ether oxygens (including phenoxy) is 1. The second-order valence-corrected chi connectivity index (χ2v) is 5.62. The lowest BCUT2D eigenvalue weighted by molar-refractivity contribution is 0.0463. The molecule has 0 saturated heterocycles. The minimum absolute atomic E-state index is 0.514. The van der Waals surface area contributed by atoms with Gasteiger partial charge in [0.1, 0.15) is 0 Å². The van der Waals surface area contributed by atoms with E-state index in [4.69, 9.17) is 4.74 Å². The molecule has 0 aromatic carbocycles. The van der Waals surface area contributed by atoms with Crippen molar-refractivity contribution < 1.29 is 4.74 Å². The molecule has 0 spiro atoms. The SMILES string of the molecule is BrC1CCCC1OCCC1CCC1. The first kappa shape index (κ1) is 9.97. The minimum Gasteiger partial charge on any atom is -0.377 e. The maximum Gasteiger partial charge on any atom is 0.0700 e. The number of hydrogen-bond acceptors (Lipinski definition) is 1. The summed E-state index contributed by atoms with van der Waals surface area (Å²) in [5.41, 5.74) is 0. The Labute approximate surface area is 89.4 Å². The Morgan fingerprint density at radius 3 is 2.38 bits per heavy atom. The predicted molar refractivity (Wildman–Crippen MR) is 58.3 cm³/mol. The molecule has 2 atom stereocenters. The average Bonchev–Trinajstić information content (AvgIpc) is 2.42. The van der Waals surface area contributed by atoms with Gasteiger partial charge in [-0.1, -0.05) is 35.2 Å². The van der Waals surface area contributed by atoms with Crippen molar-refractivity contribution in [2.45, 2.75) is 55.9 Å². The van der Waals surface area contributed by atoms with Crippen LogP contribution in [-0.4, -0.2) is 17.5 Å². The highest BCUT2D eigenvalue weighted by Crippen LogP contribution is 2.31. The van der Waals surface area contributed by atoms with Crippen LogP contribution in [0, 0.1) is 5.92 Å². The number of alkyl halides is 1. The molecular formula is C11H19BrO. The van der Waals surface area contributed by atoms with Crippen LogP contribution in [0.25, 0.3) is 0 Å². The third-order valence-electron chi connectivity index (χ3n) is 3.45. The topological polar surface area (TPSA) is 9.23 Å². The van der Waals surface area contributed by atoms with Crippen LogP contribution in [0.1, 0.15) is 44.9 Å². The van der Waals surface area contributed by atoms with Crippen LogP contribution in [0.4, 0.5) is 0 Å². The van der Waals surface area contributed by atoms with Gasteiger partial charge in [0.2, 0.25) is 0 Å². The fourth-order valence-corrected chi connectivity index (χ4v) is 2.98. The zero-order valence-electron chi connectivity index (χ0n) is 8.18. The number of hydrogen-bond donors (Lipinski definition) is 0. The molecule has 13 heavy (non-hydrogen) atoms. The molecule has 0 aromatic heterocycles. The van der Waals surface area contributed by atoms with Crippen LogP contribution in [0.5, 0.6) is 0 Å². The van der Waals surface area contributed by atoms with Crippen molar-refractivity contribution in [2.24, 2.45) is 5.92 Å². The van der Waals surface area contributed by atoms with Gasteiger partial charge in [-0.2, -0.15) is 0 Å². The maximum absolute atomic E-state index is 5.87. The van der Waals surface area contributed by atoms with Crippen LogP contribution < -0.4 is 0 Å². The third-order valence-corrected chi connectivity index (χ3v) is 4.50. The molecule has 2 aliphatic rings. The van der Waals surface area contributed by atoms with Gasteiger partial charge >= 0.3 is 0 Å². The quantitative estimate of drug-likeness (QED) is 0.691. The molecule has 2 unspecified atom stereocenters. The van der Waals surface area contributed by atoms with E-state index in [-0.39, 0.29) is 0 Å². The molecule has 0 radical (unpaired) electrons. The average molecular weight is 247 g/mol. The summed E-state index contributed by atoms with van der Waals surface area (Å²) in [6, 6.07) is 0. The molecule has 2 aliphatic carbocycles. The normalized spacial score (nSPS) is 34.8. The Morgan fingerprint density at radius 2 is 1.85 bits per heavy atom. The Balaban J connectivity index is 1.56. The van der Waals surface area contributed by atoms with Crippen molar-refractivity contribution in [3.05, 3.63) is 0 Å². The van der Waals surface area contributed by atoms with Crippen molar-refractivity contribution >= 4 is 15.9 Å². The van der Waals surface area contributed by atoms with Gasteiger partial charge in [0.05, 0.1) is 6.10 Å². The number of rotatable bonds is 4. The molecular weight excluding hydrogens is 228 g/mol. The van der Waals surface area contributed by atoms with Crippen LogP contribution >= 0.6 is 15.9 Å². The van der Waals surface area contributed by atoms with E-state index in [1.807, 2.05) is 0 Å². The molecule has 2 heteroatoms. The van der Waals surface area contributed by atoms with Gasteiger partial charge in [0.15, 0.2) is 0 Å². The molecule has 0 N–H and O–H groups in total. The van der Waals surface area contributed by atoms with Crippen LogP contribution in [0.2, 0.25) is 0 Å². The van der Waals surface area contributed by atoms with Crippen molar-refractivity contribution in [1.29, 1.82) is 0 Å². The smallest absolute Gasteiger partial charge is 0.0700 e. The Bertz CT molecular complexity index is 156. The highest BCUT2D eigenvalue weighted by molar-refractivity contribution is 9.09. The standard InChI is InChI=1S/C11H19BrO/c12-10-5-2-6-11(10)13-8-7-9-3-1-4-9/h9-11H,1-8H2. The second kappa shape index (κ2) is 4.79. The van der Waals surface area contributed by atoms with Gasteiger partial charge in [0.25, 0.3) is 0 Å². The van der Waals surface area contributed by atoms with E-state index in [9.17, 15) is 0 Å². The van der Waals surface area contributed by atoms with Gasteiger partial charge < -0.3 is 4.74 Å². The van der Waals surface area contributed by atoms with E-state index in [1.165, 1.54) is 44.9 Å². The monoisotopic (exact) mass is 246 g/mol.